The lowest BCUT2D eigenvalue weighted by Gasteiger charge is -2.33. The van der Waals surface area contributed by atoms with E-state index in [9.17, 15) is 0 Å². The quantitative estimate of drug-likeness (QED) is 0.843. The molecule has 3 heteroatoms. The molecule has 1 fully saturated rings. The van der Waals surface area contributed by atoms with Gasteiger partial charge in [0.2, 0.25) is 0 Å². The number of nitrogens with one attached hydrogen (secondary N) is 1. The predicted molar refractivity (Wildman–Crippen MR) is 80.1 cm³/mol. The molecule has 1 unspecified atom stereocenters. The molecule has 108 valence electrons. The van der Waals surface area contributed by atoms with Crippen LogP contribution in [0.2, 0.25) is 0 Å². The summed E-state index contributed by atoms with van der Waals surface area (Å²) in [6.45, 7) is 8.88. The van der Waals surface area contributed by atoms with Crippen LogP contribution < -0.4 is 5.32 Å². The molecule has 0 amide bonds. The maximum Gasteiger partial charge on any atom is 0.0762 e. The standard InChI is InChI=1S/C16H29N3/c1-4-14(2)19-11-8-15(18-19)12-17-13-16(3)9-6-5-7-10-16/h8,11,14,17H,4-7,9-10,12-13H2,1-3H3. The van der Waals surface area contributed by atoms with Crippen LogP contribution in [0.25, 0.3) is 0 Å². The average molecular weight is 263 g/mol. The normalized spacial score (nSPS) is 20.4. The molecule has 1 aromatic heterocycles. The number of aromatic nitrogens is 2. The zero-order chi connectivity index (χ0) is 13.7. The van der Waals surface area contributed by atoms with Crippen molar-refractivity contribution in [3.05, 3.63) is 18.0 Å². The first-order chi connectivity index (χ1) is 9.13. The minimum absolute atomic E-state index is 0.504. The molecule has 0 radical (unpaired) electrons. The van der Waals surface area contributed by atoms with Gasteiger partial charge in [-0.2, -0.15) is 5.10 Å². The van der Waals surface area contributed by atoms with Gasteiger partial charge in [0.1, 0.15) is 0 Å². The average Bonchev–Trinajstić information content (AvgIpc) is 2.87. The number of hydrogen-bond acceptors (Lipinski definition) is 2. The van der Waals surface area contributed by atoms with E-state index >= 15 is 0 Å². The third-order valence-corrected chi connectivity index (χ3v) is 4.62. The van der Waals surface area contributed by atoms with E-state index in [2.05, 4.69) is 48.1 Å². The maximum atomic E-state index is 4.64. The monoisotopic (exact) mass is 263 g/mol. The van der Waals surface area contributed by atoms with Gasteiger partial charge in [-0.15, -0.1) is 0 Å². The molecule has 0 bridgehead atoms. The Bertz CT molecular complexity index is 377. The molecule has 0 saturated heterocycles. The summed E-state index contributed by atoms with van der Waals surface area (Å²) < 4.78 is 2.08. The molecule has 1 aliphatic rings. The van der Waals surface area contributed by atoms with Gasteiger partial charge in [0.05, 0.1) is 5.69 Å². The van der Waals surface area contributed by atoms with Crippen LogP contribution in [0.1, 0.15) is 71.0 Å². The van der Waals surface area contributed by atoms with Crippen LogP contribution in [0, 0.1) is 5.41 Å². The van der Waals surface area contributed by atoms with E-state index in [1.165, 1.54) is 37.8 Å². The Kier molecular flexibility index (Phi) is 5.03. The molecule has 1 atom stereocenters. The fourth-order valence-electron chi connectivity index (χ4n) is 2.98. The van der Waals surface area contributed by atoms with E-state index in [0.717, 1.165) is 19.5 Å². The van der Waals surface area contributed by atoms with Gasteiger partial charge in [-0.1, -0.05) is 33.1 Å². The predicted octanol–water partition coefficient (Wildman–Crippen LogP) is 3.91. The minimum atomic E-state index is 0.504. The molecule has 1 saturated carbocycles. The van der Waals surface area contributed by atoms with Crippen molar-refractivity contribution in [3.8, 4) is 0 Å². The highest BCUT2D eigenvalue weighted by Crippen LogP contribution is 2.34. The first-order valence-electron chi connectivity index (χ1n) is 7.88. The van der Waals surface area contributed by atoms with Gasteiger partial charge in [0.15, 0.2) is 0 Å². The molecule has 1 N–H and O–H groups in total. The second-order valence-corrected chi connectivity index (χ2v) is 6.52. The van der Waals surface area contributed by atoms with Crippen LogP contribution in [-0.4, -0.2) is 16.3 Å². The van der Waals surface area contributed by atoms with Crippen molar-refractivity contribution in [1.29, 1.82) is 0 Å². The first kappa shape index (κ1) is 14.6. The third kappa shape index (κ3) is 4.07. The topological polar surface area (TPSA) is 29.9 Å². The van der Waals surface area contributed by atoms with Gasteiger partial charge in [-0.05, 0) is 37.7 Å². The lowest BCUT2D eigenvalue weighted by Crippen LogP contribution is -2.33. The lowest BCUT2D eigenvalue weighted by atomic mass is 9.76. The molecule has 0 aromatic carbocycles. The van der Waals surface area contributed by atoms with Crippen molar-refractivity contribution in [2.24, 2.45) is 5.41 Å². The Morgan fingerprint density at radius 2 is 2.11 bits per heavy atom. The molecule has 3 nitrogen and oxygen atoms in total. The van der Waals surface area contributed by atoms with Gasteiger partial charge in [-0.3, -0.25) is 4.68 Å². The van der Waals surface area contributed by atoms with Crippen molar-refractivity contribution >= 4 is 0 Å². The second-order valence-electron chi connectivity index (χ2n) is 6.52. The summed E-state index contributed by atoms with van der Waals surface area (Å²) in [5.41, 5.74) is 1.68. The van der Waals surface area contributed by atoms with E-state index in [-0.39, 0.29) is 0 Å². The first-order valence-corrected chi connectivity index (χ1v) is 7.88. The van der Waals surface area contributed by atoms with Crippen molar-refractivity contribution < 1.29 is 0 Å². The van der Waals surface area contributed by atoms with Crippen LogP contribution in [0.5, 0.6) is 0 Å². The summed E-state index contributed by atoms with van der Waals surface area (Å²) in [6, 6.07) is 2.65. The van der Waals surface area contributed by atoms with Gasteiger partial charge in [-0.25, -0.2) is 0 Å². The summed E-state index contributed by atoms with van der Waals surface area (Å²) in [7, 11) is 0. The number of hydrogen-bond donors (Lipinski definition) is 1. The Hall–Kier alpha value is -0.830. The molecule has 2 rings (SSSR count). The highest BCUT2D eigenvalue weighted by Gasteiger charge is 2.26. The minimum Gasteiger partial charge on any atom is -0.311 e. The number of rotatable bonds is 6. The van der Waals surface area contributed by atoms with Crippen LogP contribution in [0.3, 0.4) is 0 Å². The zero-order valence-corrected chi connectivity index (χ0v) is 12.8. The highest BCUT2D eigenvalue weighted by molar-refractivity contribution is 4.99. The van der Waals surface area contributed by atoms with Gasteiger partial charge >= 0.3 is 0 Å². The molecule has 19 heavy (non-hydrogen) atoms. The van der Waals surface area contributed by atoms with Crippen molar-refractivity contribution in [2.75, 3.05) is 6.54 Å². The largest absolute Gasteiger partial charge is 0.311 e. The van der Waals surface area contributed by atoms with Gasteiger partial charge < -0.3 is 5.32 Å². The second kappa shape index (κ2) is 6.56. The molecule has 1 aliphatic carbocycles. The van der Waals surface area contributed by atoms with Crippen LogP contribution in [0.4, 0.5) is 0 Å². The van der Waals surface area contributed by atoms with E-state index in [1.54, 1.807) is 0 Å². The molecular weight excluding hydrogens is 234 g/mol. The lowest BCUT2D eigenvalue weighted by molar-refractivity contribution is 0.207. The summed E-state index contributed by atoms with van der Waals surface area (Å²) in [4.78, 5) is 0. The van der Waals surface area contributed by atoms with E-state index in [0.29, 0.717) is 11.5 Å². The summed E-state index contributed by atoms with van der Waals surface area (Å²) in [6.07, 6.45) is 10.2. The zero-order valence-electron chi connectivity index (χ0n) is 12.8. The van der Waals surface area contributed by atoms with E-state index in [1.807, 2.05) is 0 Å². The van der Waals surface area contributed by atoms with E-state index in [4.69, 9.17) is 0 Å². The van der Waals surface area contributed by atoms with Gasteiger partial charge in [0, 0.05) is 25.3 Å². The summed E-state index contributed by atoms with van der Waals surface area (Å²) in [5, 5.41) is 8.25. The highest BCUT2D eigenvalue weighted by atomic mass is 15.3. The SMILES string of the molecule is CCC(C)n1ccc(CNCC2(C)CCCCC2)n1. The van der Waals surface area contributed by atoms with Crippen molar-refractivity contribution in [2.45, 2.75) is 71.9 Å². The summed E-state index contributed by atoms with van der Waals surface area (Å²) >= 11 is 0. The smallest absolute Gasteiger partial charge is 0.0762 e. The Labute approximate surface area is 117 Å². The third-order valence-electron chi connectivity index (χ3n) is 4.62. The number of nitrogens with zero attached hydrogens (tertiary/aromatic N) is 2. The Morgan fingerprint density at radius 3 is 2.79 bits per heavy atom. The molecular formula is C16H29N3. The Morgan fingerprint density at radius 1 is 1.37 bits per heavy atom. The fourth-order valence-corrected chi connectivity index (χ4v) is 2.98. The molecule has 1 aromatic rings. The molecule has 0 spiro atoms. The van der Waals surface area contributed by atoms with Crippen LogP contribution in [0.15, 0.2) is 12.3 Å². The van der Waals surface area contributed by atoms with E-state index < -0.39 is 0 Å². The molecule has 0 aliphatic heterocycles. The maximum absolute atomic E-state index is 4.64. The van der Waals surface area contributed by atoms with Crippen molar-refractivity contribution in [1.82, 2.24) is 15.1 Å². The molecule has 1 heterocycles. The fraction of sp³-hybridized carbons (Fsp3) is 0.812. The summed E-state index contributed by atoms with van der Waals surface area (Å²) in [5.74, 6) is 0. The van der Waals surface area contributed by atoms with Crippen LogP contribution >= 0.6 is 0 Å². The van der Waals surface area contributed by atoms with Crippen LogP contribution in [-0.2, 0) is 6.54 Å². The van der Waals surface area contributed by atoms with Gasteiger partial charge in [0.25, 0.3) is 0 Å². The van der Waals surface area contributed by atoms with Crippen molar-refractivity contribution in [3.63, 3.8) is 0 Å². The Balaban J connectivity index is 1.77.